The number of alkyl halides is 3. The minimum absolute atomic E-state index is 0.0275. The van der Waals surface area contributed by atoms with Crippen molar-refractivity contribution in [3.8, 4) is 0 Å². The molecule has 1 amide bonds. The van der Waals surface area contributed by atoms with Gasteiger partial charge < -0.3 is 9.80 Å². The molecule has 0 N–H and O–H groups in total. The minimum Gasteiger partial charge on any atom is -0.366 e. The van der Waals surface area contributed by atoms with Crippen LogP contribution in [0.15, 0.2) is 42.5 Å². The van der Waals surface area contributed by atoms with Crippen LogP contribution in [0.4, 0.5) is 23.2 Å². The van der Waals surface area contributed by atoms with Crippen LogP contribution in [0.3, 0.4) is 0 Å². The predicted molar refractivity (Wildman–Crippen MR) is 96.0 cm³/mol. The smallest absolute Gasteiger partial charge is 0.366 e. The van der Waals surface area contributed by atoms with Gasteiger partial charge in [-0.15, -0.1) is 0 Å². The predicted octanol–water partition coefficient (Wildman–Crippen LogP) is 4.01. The van der Waals surface area contributed by atoms with E-state index in [9.17, 15) is 27.2 Å². The van der Waals surface area contributed by atoms with Crippen LogP contribution in [0.25, 0.3) is 0 Å². The van der Waals surface area contributed by atoms with Gasteiger partial charge in [0.1, 0.15) is 5.82 Å². The van der Waals surface area contributed by atoms with E-state index in [1.807, 2.05) is 0 Å². The summed E-state index contributed by atoms with van der Waals surface area (Å²) in [7, 11) is 0. The van der Waals surface area contributed by atoms with E-state index in [-0.39, 0.29) is 30.0 Å². The van der Waals surface area contributed by atoms with Gasteiger partial charge >= 0.3 is 6.18 Å². The van der Waals surface area contributed by atoms with E-state index < -0.39 is 23.5 Å². The molecule has 0 saturated carbocycles. The first-order valence-electron chi connectivity index (χ1n) is 8.69. The van der Waals surface area contributed by atoms with Crippen molar-refractivity contribution in [2.24, 2.45) is 0 Å². The van der Waals surface area contributed by atoms with Crippen molar-refractivity contribution in [2.45, 2.75) is 13.1 Å². The van der Waals surface area contributed by atoms with Crippen LogP contribution in [0.5, 0.6) is 0 Å². The van der Waals surface area contributed by atoms with Crippen LogP contribution in [-0.2, 0) is 6.18 Å². The van der Waals surface area contributed by atoms with Gasteiger partial charge in [0.05, 0.1) is 11.3 Å². The highest BCUT2D eigenvalue weighted by atomic mass is 19.4. The molecule has 1 heterocycles. The lowest BCUT2D eigenvalue weighted by molar-refractivity contribution is -0.137. The Kier molecular flexibility index (Phi) is 5.40. The van der Waals surface area contributed by atoms with E-state index in [1.165, 1.54) is 36.1 Å². The second kappa shape index (κ2) is 7.61. The lowest BCUT2D eigenvalue weighted by Gasteiger charge is -2.36. The highest BCUT2D eigenvalue weighted by Crippen LogP contribution is 2.30. The van der Waals surface area contributed by atoms with Crippen molar-refractivity contribution >= 4 is 17.4 Å². The lowest BCUT2D eigenvalue weighted by atomic mass is 10.1. The van der Waals surface area contributed by atoms with Crippen molar-refractivity contribution in [3.05, 3.63) is 65.0 Å². The fourth-order valence-electron chi connectivity index (χ4n) is 3.14. The Hall–Kier alpha value is -2.90. The van der Waals surface area contributed by atoms with E-state index in [2.05, 4.69) is 0 Å². The number of ketones is 1. The van der Waals surface area contributed by atoms with Gasteiger partial charge in [-0.05, 0) is 43.3 Å². The number of rotatable bonds is 3. The second-order valence-corrected chi connectivity index (χ2v) is 6.58. The van der Waals surface area contributed by atoms with Gasteiger partial charge in [-0.2, -0.15) is 13.2 Å². The summed E-state index contributed by atoms with van der Waals surface area (Å²) in [5.74, 6) is -1.24. The Balaban J connectivity index is 1.69. The van der Waals surface area contributed by atoms with Crippen LogP contribution in [-0.4, -0.2) is 42.8 Å². The summed E-state index contributed by atoms with van der Waals surface area (Å²) in [5.41, 5.74) is -0.291. The average molecular weight is 394 g/mol. The molecule has 0 unspecified atom stereocenters. The summed E-state index contributed by atoms with van der Waals surface area (Å²) in [5, 5.41) is 0. The van der Waals surface area contributed by atoms with Crippen LogP contribution in [0.2, 0.25) is 0 Å². The third-order valence-electron chi connectivity index (χ3n) is 4.70. The number of carbonyl (C=O) groups is 2. The van der Waals surface area contributed by atoms with Crippen molar-refractivity contribution in [1.82, 2.24) is 4.90 Å². The first-order valence-corrected chi connectivity index (χ1v) is 8.69. The number of carbonyl (C=O) groups excluding carboxylic acids is 2. The third kappa shape index (κ3) is 4.16. The molecule has 0 radical (unpaired) electrons. The highest BCUT2D eigenvalue weighted by molar-refractivity contribution is 5.95. The molecule has 1 aliphatic rings. The molecule has 0 spiro atoms. The summed E-state index contributed by atoms with van der Waals surface area (Å²) in [6, 6.07) is 8.56. The summed E-state index contributed by atoms with van der Waals surface area (Å²) in [6.45, 7) is 2.53. The quantitative estimate of drug-likeness (QED) is 0.584. The topological polar surface area (TPSA) is 40.6 Å². The Labute approximate surface area is 159 Å². The van der Waals surface area contributed by atoms with E-state index in [0.29, 0.717) is 18.8 Å². The van der Waals surface area contributed by atoms with Crippen LogP contribution < -0.4 is 4.90 Å². The van der Waals surface area contributed by atoms with Gasteiger partial charge in [0.15, 0.2) is 5.78 Å². The zero-order chi connectivity index (χ0) is 20.5. The molecule has 28 heavy (non-hydrogen) atoms. The fourth-order valence-corrected chi connectivity index (χ4v) is 3.14. The largest absolute Gasteiger partial charge is 0.416 e. The summed E-state index contributed by atoms with van der Waals surface area (Å²) < 4.78 is 52.8. The molecule has 8 heteroatoms. The number of nitrogens with zero attached hydrogens (tertiary/aromatic N) is 2. The van der Waals surface area contributed by atoms with E-state index in [4.69, 9.17) is 0 Å². The molecule has 148 valence electrons. The molecule has 1 aliphatic heterocycles. The fraction of sp³-hybridized carbons (Fsp3) is 0.300. The molecule has 0 atom stereocenters. The Morgan fingerprint density at radius 3 is 2.18 bits per heavy atom. The lowest BCUT2D eigenvalue weighted by Crippen LogP contribution is -2.49. The molecule has 1 fully saturated rings. The molecule has 3 rings (SSSR count). The van der Waals surface area contributed by atoms with Gasteiger partial charge in [-0.25, -0.2) is 4.39 Å². The first-order chi connectivity index (χ1) is 13.2. The van der Waals surface area contributed by atoms with Gasteiger partial charge in [0, 0.05) is 37.3 Å². The van der Waals surface area contributed by atoms with Gasteiger partial charge in [-0.3, -0.25) is 9.59 Å². The minimum atomic E-state index is -4.52. The maximum absolute atomic E-state index is 14.3. The maximum Gasteiger partial charge on any atom is 0.416 e. The van der Waals surface area contributed by atoms with Crippen molar-refractivity contribution in [1.29, 1.82) is 0 Å². The summed E-state index contributed by atoms with van der Waals surface area (Å²) >= 11 is 0. The van der Waals surface area contributed by atoms with E-state index in [1.54, 1.807) is 11.0 Å². The average Bonchev–Trinajstić information content (AvgIpc) is 2.67. The van der Waals surface area contributed by atoms with E-state index >= 15 is 0 Å². The van der Waals surface area contributed by atoms with Gasteiger partial charge in [0.25, 0.3) is 5.91 Å². The summed E-state index contributed by atoms with van der Waals surface area (Å²) in [6.07, 6.45) is -4.52. The van der Waals surface area contributed by atoms with Crippen LogP contribution in [0, 0.1) is 5.82 Å². The zero-order valence-corrected chi connectivity index (χ0v) is 15.1. The number of amides is 1. The number of hydrogen-bond acceptors (Lipinski definition) is 3. The number of anilines is 1. The van der Waals surface area contributed by atoms with E-state index in [0.717, 1.165) is 12.1 Å². The van der Waals surface area contributed by atoms with Gasteiger partial charge in [0.2, 0.25) is 0 Å². The second-order valence-electron chi connectivity index (χ2n) is 6.58. The standard InChI is InChI=1S/C20H18F4N2O2/c1-13(27)14-5-6-18(17(21)12-14)25-7-9-26(10-8-25)19(28)15-3-2-4-16(11-15)20(22,23)24/h2-6,11-12H,7-10H2,1H3. The number of halogens is 4. The first kappa shape index (κ1) is 19.9. The summed E-state index contributed by atoms with van der Waals surface area (Å²) in [4.78, 5) is 27.1. The molecule has 0 bridgehead atoms. The van der Waals surface area contributed by atoms with Crippen molar-refractivity contribution < 1.29 is 27.2 Å². The normalized spacial score (nSPS) is 14.9. The molecule has 2 aromatic carbocycles. The highest BCUT2D eigenvalue weighted by Gasteiger charge is 2.32. The number of piperazine rings is 1. The van der Waals surface area contributed by atoms with Crippen LogP contribution >= 0.6 is 0 Å². The Bertz CT molecular complexity index is 903. The molecular formula is C20H18F4N2O2. The van der Waals surface area contributed by atoms with Gasteiger partial charge in [-0.1, -0.05) is 6.07 Å². The van der Waals surface area contributed by atoms with Crippen LogP contribution in [0.1, 0.15) is 33.2 Å². The Morgan fingerprint density at radius 2 is 1.61 bits per heavy atom. The monoisotopic (exact) mass is 394 g/mol. The molecule has 1 saturated heterocycles. The third-order valence-corrected chi connectivity index (χ3v) is 4.70. The zero-order valence-electron chi connectivity index (χ0n) is 15.1. The molecule has 0 aromatic heterocycles. The van der Waals surface area contributed by atoms with Crippen molar-refractivity contribution in [2.75, 3.05) is 31.1 Å². The maximum atomic E-state index is 14.3. The number of benzene rings is 2. The molecule has 0 aliphatic carbocycles. The SMILES string of the molecule is CC(=O)c1ccc(N2CCN(C(=O)c3cccc(C(F)(F)F)c3)CC2)c(F)c1. The molecular weight excluding hydrogens is 376 g/mol. The Morgan fingerprint density at radius 1 is 0.929 bits per heavy atom. The molecule has 4 nitrogen and oxygen atoms in total. The van der Waals surface area contributed by atoms with Crippen molar-refractivity contribution in [3.63, 3.8) is 0 Å². The number of hydrogen-bond donors (Lipinski definition) is 0. The number of Topliss-reactive ketones (excluding diaryl/α,β-unsaturated/α-hetero) is 1. The molecule has 2 aromatic rings.